The number of allylic oxidation sites excluding steroid dienone is 1. The Bertz CT molecular complexity index is 1870. The van der Waals surface area contributed by atoms with E-state index in [4.69, 9.17) is 45.5 Å². The van der Waals surface area contributed by atoms with E-state index in [9.17, 15) is 0 Å². The molecule has 2 aliphatic rings. The molecule has 1 heterocycles. The molecule has 5 aromatic rings. The molecule has 56 heavy (non-hydrogen) atoms. The molecule has 292 valence electrons. The van der Waals surface area contributed by atoms with Crippen LogP contribution >= 0.6 is 25.8 Å². The van der Waals surface area contributed by atoms with Crippen LogP contribution in [0.3, 0.4) is 0 Å². The molecule has 0 spiro atoms. The predicted molar refractivity (Wildman–Crippen MR) is 219 cm³/mol. The molecule has 4 unspecified atom stereocenters. The molecule has 0 saturated carbocycles. The summed E-state index contributed by atoms with van der Waals surface area (Å²) in [6.45, 7) is 6.02. The lowest BCUT2D eigenvalue weighted by atomic mass is 9.84. The minimum Gasteiger partial charge on any atom is -0.418 e. The van der Waals surface area contributed by atoms with Crippen LogP contribution < -0.4 is 31.7 Å². The van der Waals surface area contributed by atoms with Crippen LogP contribution in [-0.2, 0) is 13.8 Å². The fourth-order valence-corrected chi connectivity index (χ4v) is 8.84. The zero-order valence-corrected chi connectivity index (χ0v) is 33.9. The van der Waals surface area contributed by atoms with Crippen LogP contribution in [0.1, 0.15) is 33.1 Å². The van der Waals surface area contributed by atoms with Crippen molar-refractivity contribution in [2.45, 2.75) is 39.2 Å². The standard InChI is InChI=1S/C43H45O10P3/c1-3-43(31-44-32-43)33-45-54(46-38-23-27-40(28-24-38)51-55(48-35-16-7-4-8-17-35)49-36-18-9-5-10-19-36)47-39-25-29-41(30-26-39)52-56(50-37-20-11-6-12-21-37)53-42-22-14-13-15-34(42)2/h4-14,16-21,23-30,34,42H,3,15,22,31-33H2,1-2H3. The molecule has 1 aliphatic heterocycles. The number of hydrogen-bond donors (Lipinski definition) is 0. The summed E-state index contributed by atoms with van der Waals surface area (Å²) in [4.78, 5) is 0. The van der Waals surface area contributed by atoms with E-state index >= 15 is 0 Å². The van der Waals surface area contributed by atoms with Gasteiger partial charge in [-0.25, -0.2) is 0 Å². The molecule has 0 radical (unpaired) electrons. The Hall–Kier alpha value is -4.39. The molecule has 0 bridgehead atoms. The summed E-state index contributed by atoms with van der Waals surface area (Å²) in [5.74, 6) is 4.54. The molecule has 0 N–H and O–H groups in total. The van der Waals surface area contributed by atoms with E-state index in [2.05, 4.69) is 26.0 Å². The van der Waals surface area contributed by atoms with Gasteiger partial charge in [0.1, 0.15) is 40.2 Å². The van der Waals surface area contributed by atoms with Gasteiger partial charge >= 0.3 is 25.8 Å². The maximum Gasteiger partial charge on any atom is 0.530 e. The summed E-state index contributed by atoms with van der Waals surface area (Å²) in [5, 5.41) is 0. The quantitative estimate of drug-likeness (QED) is 0.0558. The Morgan fingerprint density at radius 1 is 0.500 bits per heavy atom. The van der Waals surface area contributed by atoms with E-state index in [0.29, 0.717) is 66.0 Å². The van der Waals surface area contributed by atoms with Crippen molar-refractivity contribution in [2.24, 2.45) is 11.3 Å². The van der Waals surface area contributed by atoms with E-state index < -0.39 is 25.8 Å². The molecule has 5 aromatic carbocycles. The van der Waals surface area contributed by atoms with Gasteiger partial charge in [-0.05, 0) is 110 Å². The molecule has 1 saturated heterocycles. The maximum atomic E-state index is 6.42. The van der Waals surface area contributed by atoms with Crippen LogP contribution in [0.25, 0.3) is 0 Å². The van der Waals surface area contributed by atoms with E-state index in [0.717, 1.165) is 19.3 Å². The molecule has 7 rings (SSSR count). The normalized spacial score (nSPS) is 18.2. The van der Waals surface area contributed by atoms with Crippen molar-refractivity contribution in [1.82, 2.24) is 0 Å². The second kappa shape index (κ2) is 20.2. The van der Waals surface area contributed by atoms with Gasteiger partial charge in [0.15, 0.2) is 0 Å². The Labute approximate surface area is 332 Å². The van der Waals surface area contributed by atoms with E-state index in [1.165, 1.54) is 0 Å². The van der Waals surface area contributed by atoms with Gasteiger partial charge in [0, 0.05) is 5.41 Å². The van der Waals surface area contributed by atoms with Gasteiger partial charge in [-0.2, -0.15) is 0 Å². The molecule has 0 aromatic heterocycles. The lowest BCUT2D eigenvalue weighted by Gasteiger charge is -2.40. The van der Waals surface area contributed by atoms with Gasteiger partial charge in [0.05, 0.1) is 25.9 Å². The largest absolute Gasteiger partial charge is 0.530 e. The number of para-hydroxylation sites is 3. The van der Waals surface area contributed by atoms with Crippen LogP contribution in [-0.4, -0.2) is 25.9 Å². The van der Waals surface area contributed by atoms with Crippen molar-refractivity contribution >= 4 is 25.8 Å². The monoisotopic (exact) mass is 814 g/mol. The highest BCUT2D eigenvalue weighted by atomic mass is 31.2. The summed E-state index contributed by atoms with van der Waals surface area (Å²) in [7, 11) is -5.41. The Kier molecular flexibility index (Phi) is 14.3. The van der Waals surface area contributed by atoms with E-state index in [-0.39, 0.29) is 11.5 Å². The molecule has 1 aliphatic carbocycles. The highest BCUT2D eigenvalue weighted by Crippen LogP contribution is 2.48. The van der Waals surface area contributed by atoms with Gasteiger partial charge < -0.3 is 36.4 Å². The first-order valence-corrected chi connectivity index (χ1v) is 21.8. The summed E-state index contributed by atoms with van der Waals surface area (Å²) in [6.07, 6.45) is 7.02. The van der Waals surface area contributed by atoms with Crippen molar-refractivity contribution in [3.05, 3.63) is 152 Å². The van der Waals surface area contributed by atoms with Gasteiger partial charge in [-0.1, -0.05) is 80.6 Å². The first kappa shape index (κ1) is 39.8. The molecule has 0 amide bonds. The summed E-state index contributed by atoms with van der Waals surface area (Å²) >= 11 is 0. The molecular formula is C43H45O10P3. The lowest BCUT2D eigenvalue weighted by molar-refractivity contribution is -0.134. The molecular weight excluding hydrogens is 769 g/mol. The highest BCUT2D eigenvalue weighted by Gasteiger charge is 2.39. The SMILES string of the molecule is CCC1(COP(Oc2ccc(OP(Oc3ccccc3)Oc3ccccc3)cc2)Oc2ccc(OP(Oc3ccccc3)OC3CC=CCC3C)cc2)COC1. The van der Waals surface area contributed by atoms with Gasteiger partial charge in [0.2, 0.25) is 0 Å². The topological polar surface area (TPSA) is 92.3 Å². The number of benzene rings is 5. The van der Waals surface area contributed by atoms with Crippen molar-refractivity contribution in [2.75, 3.05) is 19.8 Å². The third kappa shape index (κ3) is 11.8. The fraction of sp³-hybridized carbons (Fsp3) is 0.256. The van der Waals surface area contributed by atoms with Crippen LogP contribution in [0.4, 0.5) is 0 Å². The summed E-state index contributed by atoms with van der Waals surface area (Å²) in [6, 6.07) is 42.9. The van der Waals surface area contributed by atoms with Crippen LogP contribution in [0, 0.1) is 11.3 Å². The molecule has 13 heteroatoms. The zero-order chi connectivity index (χ0) is 38.4. The van der Waals surface area contributed by atoms with Gasteiger partial charge in [-0.15, -0.1) is 0 Å². The fourth-order valence-electron chi connectivity index (χ4n) is 5.51. The first-order valence-electron chi connectivity index (χ1n) is 18.5. The van der Waals surface area contributed by atoms with Crippen molar-refractivity contribution in [3.8, 4) is 40.2 Å². The van der Waals surface area contributed by atoms with Crippen LogP contribution in [0.15, 0.2) is 152 Å². The molecule has 1 fully saturated rings. The van der Waals surface area contributed by atoms with Crippen molar-refractivity contribution < 1.29 is 45.5 Å². The Morgan fingerprint density at radius 3 is 1.25 bits per heavy atom. The van der Waals surface area contributed by atoms with Crippen molar-refractivity contribution in [1.29, 1.82) is 0 Å². The Balaban J connectivity index is 1.01. The van der Waals surface area contributed by atoms with Crippen LogP contribution in [0.5, 0.6) is 40.2 Å². The minimum absolute atomic E-state index is 0.00367. The average Bonchev–Trinajstić information content (AvgIpc) is 3.21. The Morgan fingerprint density at radius 2 is 0.875 bits per heavy atom. The minimum atomic E-state index is -1.86. The van der Waals surface area contributed by atoms with E-state index in [1.807, 2.05) is 115 Å². The lowest BCUT2D eigenvalue weighted by Crippen LogP contribution is -2.45. The third-order valence-electron chi connectivity index (χ3n) is 9.08. The zero-order valence-electron chi connectivity index (χ0n) is 31.3. The highest BCUT2D eigenvalue weighted by molar-refractivity contribution is 7.43. The summed E-state index contributed by atoms with van der Waals surface area (Å²) < 4.78 is 61.8. The summed E-state index contributed by atoms with van der Waals surface area (Å²) in [5.41, 5.74) is -0.0705. The third-order valence-corrected chi connectivity index (χ3v) is 12.4. The second-order valence-corrected chi connectivity index (χ2v) is 16.5. The predicted octanol–water partition coefficient (Wildman–Crippen LogP) is 12.6. The molecule has 4 atom stereocenters. The smallest absolute Gasteiger partial charge is 0.418 e. The van der Waals surface area contributed by atoms with Crippen LogP contribution in [0.2, 0.25) is 0 Å². The molecule has 10 nitrogen and oxygen atoms in total. The second-order valence-electron chi connectivity index (χ2n) is 13.4. The van der Waals surface area contributed by atoms with E-state index in [1.54, 1.807) is 24.3 Å². The number of ether oxygens (including phenoxy) is 1. The number of rotatable bonds is 20. The van der Waals surface area contributed by atoms with Gasteiger partial charge in [-0.3, -0.25) is 9.05 Å². The maximum absolute atomic E-state index is 6.42. The number of hydrogen-bond acceptors (Lipinski definition) is 10. The first-order chi connectivity index (χ1) is 27.5. The average molecular weight is 815 g/mol. The van der Waals surface area contributed by atoms with Crippen molar-refractivity contribution in [3.63, 3.8) is 0 Å². The van der Waals surface area contributed by atoms with Gasteiger partial charge in [0.25, 0.3) is 0 Å².